The zero-order chi connectivity index (χ0) is 21.7. The molecule has 1 aliphatic rings. The predicted molar refractivity (Wildman–Crippen MR) is 113 cm³/mol. The van der Waals surface area contributed by atoms with Crippen molar-refractivity contribution in [2.45, 2.75) is 27.2 Å². The van der Waals surface area contributed by atoms with E-state index in [1.807, 2.05) is 19.1 Å². The molecule has 1 aliphatic heterocycles. The van der Waals surface area contributed by atoms with E-state index in [9.17, 15) is 14.4 Å². The minimum Gasteiger partial charge on any atom is -0.361 e. The lowest BCUT2D eigenvalue weighted by molar-refractivity contribution is -0.136. The Kier molecular flexibility index (Phi) is 6.66. The van der Waals surface area contributed by atoms with Crippen LogP contribution in [0.1, 0.15) is 29.5 Å². The molecule has 0 atom stereocenters. The highest BCUT2D eigenvalue weighted by atomic mass is 16.5. The lowest BCUT2D eigenvalue weighted by Gasteiger charge is -2.34. The van der Waals surface area contributed by atoms with E-state index < -0.39 is 0 Å². The lowest BCUT2D eigenvalue weighted by atomic mass is 10.1. The Hall–Kier alpha value is -3.42. The van der Waals surface area contributed by atoms with Crippen molar-refractivity contribution < 1.29 is 18.9 Å². The van der Waals surface area contributed by atoms with Gasteiger partial charge in [0.25, 0.3) is 0 Å². The second-order valence-corrected chi connectivity index (χ2v) is 7.32. The Morgan fingerprint density at radius 3 is 2.27 bits per heavy atom. The molecule has 0 bridgehead atoms. The molecular weight excluding hydrogens is 384 g/mol. The molecular formula is C22H26N4O4. The van der Waals surface area contributed by atoms with Gasteiger partial charge in [0.1, 0.15) is 5.76 Å². The van der Waals surface area contributed by atoms with E-state index in [0.717, 1.165) is 16.8 Å². The molecule has 0 spiro atoms. The molecule has 30 heavy (non-hydrogen) atoms. The number of rotatable bonds is 5. The van der Waals surface area contributed by atoms with Crippen molar-refractivity contribution in [3.8, 4) is 0 Å². The molecule has 8 heteroatoms. The number of hydrogen-bond acceptors (Lipinski definition) is 5. The third-order valence-electron chi connectivity index (χ3n) is 5.10. The van der Waals surface area contributed by atoms with Gasteiger partial charge in [0.15, 0.2) is 0 Å². The number of carbonyl (C=O) groups is 3. The first-order valence-electron chi connectivity index (χ1n) is 9.87. The molecule has 1 N–H and O–H groups in total. The maximum Gasteiger partial charge on any atom is 0.246 e. The molecule has 1 aromatic heterocycles. The minimum absolute atomic E-state index is 0.0197. The molecule has 1 fully saturated rings. The summed E-state index contributed by atoms with van der Waals surface area (Å²) in [6.07, 6.45) is 3.55. The highest BCUT2D eigenvalue weighted by molar-refractivity contribution is 5.92. The number of hydrogen-bond donors (Lipinski definition) is 1. The van der Waals surface area contributed by atoms with E-state index in [4.69, 9.17) is 4.52 Å². The van der Waals surface area contributed by atoms with Crippen LogP contribution in [0.15, 0.2) is 34.9 Å². The van der Waals surface area contributed by atoms with Gasteiger partial charge < -0.3 is 19.6 Å². The van der Waals surface area contributed by atoms with Crippen LogP contribution < -0.4 is 5.32 Å². The van der Waals surface area contributed by atoms with Crippen molar-refractivity contribution in [2.24, 2.45) is 0 Å². The maximum atomic E-state index is 12.6. The molecule has 0 radical (unpaired) electrons. The first-order valence-corrected chi connectivity index (χ1v) is 9.87. The Morgan fingerprint density at radius 1 is 1.07 bits per heavy atom. The molecule has 3 rings (SSSR count). The first-order chi connectivity index (χ1) is 14.3. The average Bonchev–Trinajstić information content (AvgIpc) is 3.04. The molecule has 2 aromatic rings. The van der Waals surface area contributed by atoms with Gasteiger partial charge in [-0.3, -0.25) is 14.4 Å². The van der Waals surface area contributed by atoms with Crippen molar-refractivity contribution in [1.29, 1.82) is 0 Å². The van der Waals surface area contributed by atoms with E-state index in [0.29, 0.717) is 37.6 Å². The number of nitrogens with one attached hydrogen (secondary N) is 1. The van der Waals surface area contributed by atoms with E-state index in [-0.39, 0.29) is 24.1 Å². The number of aryl methyl sites for hydroxylation is 2. The summed E-state index contributed by atoms with van der Waals surface area (Å²) in [4.78, 5) is 39.6. The van der Waals surface area contributed by atoms with Crippen molar-refractivity contribution >= 4 is 29.5 Å². The summed E-state index contributed by atoms with van der Waals surface area (Å²) in [5.74, 6) is 0.479. The zero-order valence-corrected chi connectivity index (χ0v) is 17.5. The molecule has 1 aromatic carbocycles. The topological polar surface area (TPSA) is 95.8 Å². The van der Waals surface area contributed by atoms with Crippen LogP contribution >= 0.6 is 0 Å². The second-order valence-electron chi connectivity index (χ2n) is 7.32. The van der Waals surface area contributed by atoms with Crippen molar-refractivity contribution in [3.63, 3.8) is 0 Å². The fourth-order valence-electron chi connectivity index (χ4n) is 3.35. The lowest BCUT2D eigenvalue weighted by Crippen LogP contribution is -2.50. The first kappa shape index (κ1) is 21.3. The monoisotopic (exact) mass is 410 g/mol. The van der Waals surface area contributed by atoms with Crippen molar-refractivity contribution in [3.05, 3.63) is 52.9 Å². The Morgan fingerprint density at radius 2 is 1.70 bits per heavy atom. The standard InChI is InChI=1S/C22H26N4O4/c1-15-20(16(2)30-24-15)14-22(29)26-12-10-25(11-13-26)21(28)9-6-18-4-7-19(8-5-18)23-17(3)27/h4-9H,10-14H2,1-3H3,(H,23,27)/b9-6+. The van der Waals surface area contributed by atoms with Crippen LogP contribution in [0.4, 0.5) is 5.69 Å². The smallest absolute Gasteiger partial charge is 0.246 e. The van der Waals surface area contributed by atoms with Gasteiger partial charge in [0.2, 0.25) is 17.7 Å². The van der Waals surface area contributed by atoms with Gasteiger partial charge >= 0.3 is 0 Å². The van der Waals surface area contributed by atoms with Gasteiger partial charge in [-0.05, 0) is 37.6 Å². The second kappa shape index (κ2) is 9.39. The molecule has 2 heterocycles. The van der Waals surface area contributed by atoms with Crippen LogP contribution in [0.2, 0.25) is 0 Å². The summed E-state index contributed by atoms with van der Waals surface area (Å²) in [6.45, 7) is 7.10. The van der Waals surface area contributed by atoms with Crippen molar-refractivity contribution in [1.82, 2.24) is 15.0 Å². The number of aromatic nitrogens is 1. The number of piperazine rings is 1. The fraction of sp³-hybridized carbons (Fsp3) is 0.364. The Bertz CT molecular complexity index is 935. The van der Waals surface area contributed by atoms with Crippen LogP contribution in [0, 0.1) is 13.8 Å². The molecule has 1 saturated heterocycles. The van der Waals surface area contributed by atoms with Crippen LogP contribution in [0.5, 0.6) is 0 Å². The molecule has 3 amide bonds. The van der Waals surface area contributed by atoms with Gasteiger partial charge in [-0.25, -0.2) is 0 Å². The molecule has 0 saturated carbocycles. The summed E-state index contributed by atoms with van der Waals surface area (Å²) < 4.78 is 5.12. The third-order valence-corrected chi connectivity index (χ3v) is 5.10. The zero-order valence-electron chi connectivity index (χ0n) is 17.5. The van der Waals surface area contributed by atoms with Crippen LogP contribution in [-0.2, 0) is 20.8 Å². The summed E-state index contributed by atoms with van der Waals surface area (Å²) in [5, 5.41) is 6.59. The number of benzene rings is 1. The van der Waals surface area contributed by atoms with Gasteiger partial charge in [-0.1, -0.05) is 17.3 Å². The van der Waals surface area contributed by atoms with Gasteiger partial charge in [-0.15, -0.1) is 0 Å². The molecule has 0 aliphatic carbocycles. The third kappa shape index (κ3) is 5.34. The van der Waals surface area contributed by atoms with Crippen LogP contribution in [0.25, 0.3) is 6.08 Å². The van der Waals surface area contributed by atoms with Gasteiger partial charge in [-0.2, -0.15) is 0 Å². The maximum absolute atomic E-state index is 12.6. The summed E-state index contributed by atoms with van der Waals surface area (Å²) in [7, 11) is 0. The van der Waals surface area contributed by atoms with Crippen LogP contribution in [-0.4, -0.2) is 58.9 Å². The summed E-state index contributed by atoms with van der Waals surface area (Å²) in [6, 6.07) is 7.24. The minimum atomic E-state index is -0.127. The SMILES string of the molecule is CC(=O)Nc1ccc(/C=C/C(=O)N2CCN(C(=O)Cc3c(C)noc3C)CC2)cc1. The van der Waals surface area contributed by atoms with E-state index in [1.54, 1.807) is 34.9 Å². The molecule has 158 valence electrons. The molecule has 8 nitrogen and oxygen atoms in total. The van der Waals surface area contributed by atoms with Gasteiger partial charge in [0.05, 0.1) is 12.1 Å². The molecule has 0 unspecified atom stereocenters. The Labute approximate surface area is 175 Å². The summed E-state index contributed by atoms with van der Waals surface area (Å²) in [5.41, 5.74) is 3.16. The number of amides is 3. The van der Waals surface area contributed by atoms with E-state index in [1.165, 1.54) is 13.0 Å². The fourth-order valence-corrected chi connectivity index (χ4v) is 3.35. The highest BCUT2D eigenvalue weighted by Crippen LogP contribution is 2.15. The highest BCUT2D eigenvalue weighted by Gasteiger charge is 2.24. The number of carbonyl (C=O) groups excluding carboxylic acids is 3. The Balaban J connectivity index is 1.49. The van der Waals surface area contributed by atoms with Crippen molar-refractivity contribution in [2.75, 3.05) is 31.5 Å². The quantitative estimate of drug-likeness (QED) is 0.763. The predicted octanol–water partition coefficient (Wildman–Crippen LogP) is 2.18. The average molecular weight is 410 g/mol. The van der Waals surface area contributed by atoms with E-state index in [2.05, 4.69) is 10.5 Å². The number of nitrogens with zero attached hydrogens (tertiary/aromatic N) is 3. The summed E-state index contributed by atoms with van der Waals surface area (Å²) >= 11 is 0. The van der Waals surface area contributed by atoms with Crippen LogP contribution in [0.3, 0.4) is 0 Å². The normalized spacial score (nSPS) is 14.2. The van der Waals surface area contributed by atoms with Gasteiger partial charge in [0, 0.05) is 50.4 Å². The van der Waals surface area contributed by atoms with E-state index >= 15 is 0 Å². The largest absolute Gasteiger partial charge is 0.361 e. The number of anilines is 1.